The van der Waals surface area contributed by atoms with Crippen molar-refractivity contribution in [3.05, 3.63) is 0 Å². The molecule has 3 nitrogen and oxygen atoms in total. The Bertz CT molecular complexity index is 316. The van der Waals surface area contributed by atoms with Crippen molar-refractivity contribution in [3.8, 4) is 0 Å². The lowest BCUT2D eigenvalue weighted by molar-refractivity contribution is -0.151. The quantitative estimate of drug-likeness (QED) is 0.840. The third-order valence-corrected chi connectivity index (χ3v) is 5.29. The number of hydrogen-bond acceptors (Lipinski definition) is 2. The van der Waals surface area contributed by atoms with E-state index in [0.717, 1.165) is 25.4 Å². The first kappa shape index (κ1) is 13.9. The van der Waals surface area contributed by atoms with E-state index in [2.05, 4.69) is 25.7 Å². The molecule has 0 aromatic heterocycles. The van der Waals surface area contributed by atoms with Gasteiger partial charge in [-0.05, 0) is 37.6 Å². The first-order chi connectivity index (χ1) is 8.45. The standard InChI is InChI=1S/C15H27NO2/c1-11(2)15(14(17)18)7-8-16(10-15)13-6-4-5-12(3)9-13/h11-13H,4-10H2,1-3H3,(H,17,18). The van der Waals surface area contributed by atoms with Crippen LogP contribution in [0.15, 0.2) is 0 Å². The Balaban J connectivity index is 2.04. The molecule has 104 valence electrons. The van der Waals surface area contributed by atoms with Crippen LogP contribution in [-0.2, 0) is 4.79 Å². The molecule has 3 heteroatoms. The zero-order valence-corrected chi connectivity index (χ0v) is 12.0. The number of nitrogens with zero attached hydrogens (tertiary/aromatic N) is 1. The fourth-order valence-electron chi connectivity index (χ4n) is 3.80. The fraction of sp³-hybridized carbons (Fsp3) is 0.933. The van der Waals surface area contributed by atoms with Crippen LogP contribution in [0.5, 0.6) is 0 Å². The number of carbonyl (C=O) groups is 1. The van der Waals surface area contributed by atoms with Crippen LogP contribution in [0.1, 0.15) is 52.9 Å². The van der Waals surface area contributed by atoms with Crippen molar-refractivity contribution in [2.24, 2.45) is 17.3 Å². The molecule has 2 fully saturated rings. The zero-order chi connectivity index (χ0) is 13.3. The highest BCUT2D eigenvalue weighted by Crippen LogP contribution is 2.41. The van der Waals surface area contributed by atoms with Gasteiger partial charge in [-0.3, -0.25) is 9.69 Å². The topological polar surface area (TPSA) is 40.5 Å². The molecule has 0 bridgehead atoms. The van der Waals surface area contributed by atoms with Crippen molar-refractivity contribution in [3.63, 3.8) is 0 Å². The lowest BCUT2D eigenvalue weighted by Gasteiger charge is -2.36. The van der Waals surface area contributed by atoms with Gasteiger partial charge in [0, 0.05) is 12.6 Å². The van der Waals surface area contributed by atoms with E-state index >= 15 is 0 Å². The summed E-state index contributed by atoms with van der Waals surface area (Å²) in [7, 11) is 0. The average Bonchev–Trinajstić information content (AvgIpc) is 2.75. The summed E-state index contributed by atoms with van der Waals surface area (Å²) in [6.07, 6.45) is 6.00. The lowest BCUT2D eigenvalue weighted by Crippen LogP contribution is -2.43. The molecule has 18 heavy (non-hydrogen) atoms. The minimum absolute atomic E-state index is 0.223. The summed E-state index contributed by atoms with van der Waals surface area (Å²) < 4.78 is 0. The van der Waals surface area contributed by atoms with Crippen molar-refractivity contribution in [1.82, 2.24) is 4.90 Å². The van der Waals surface area contributed by atoms with Crippen molar-refractivity contribution in [2.75, 3.05) is 13.1 Å². The van der Waals surface area contributed by atoms with Crippen molar-refractivity contribution in [2.45, 2.75) is 58.9 Å². The predicted molar refractivity (Wildman–Crippen MR) is 72.5 cm³/mol. The summed E-state index contributed by atoms with van der Waals surface area (Å²) in [4.78, 5) is 14.1. The Labute approximate surface area is 111 Å². The summed E-state index contributed by atoms with van der Waals surface area (Å²) in [5.41, 5.74) is -0.499. The SMILES string of the molecule is CC1CCCC(N2CCC(C(=O)O)(C(C)C)C2)C1. The zero-order valence-electron chi connectivity index (χ0n) is 12.0. The highest BCUT2D eigenvalue weighted by Gasteiger charge is 2.48. The van der Waals surface area contributed by atoms with Gasteiger partial charge in [0.25, 0.3) is 0 Å². The summed E-state index contributed by atoms with van der Waals surface area (Å²) in [6.45, 7) is 8.18. The van der Waals surface area contributed by atoms with Gasteiger partial charge in [0.05, 0.1) is 5.41 Å². The number of aliphatic carboxylic acids is 1. The molecule has 3 unspecified atom stereocenters. The smallest absolute Gasteiger partial charge is 0.311 e. The second-order valence-corrected chi connectivity index (χ2v) is 6.76. The molecule has 2 rings (SSSR count). The van der Waals surface area contributed by atoms with Crippen LogP contribution in [0.4, 0.5) is 0 Å². The van der Waals surface area contributed by atoms with Gasteiger partial charge in [0.2, 0.25) is 0 Å². The molecule has 0 radical (unpaired) electrons. The molecule has 0 aromatic rings. The van der Waals surface area contributed by atoms with Gasteiger partial charge in [-0.25, -0.2) is 0 Å². The van der Waals surface area contributed by atoms with E-state index < -0.39 is 11.4 Å². The Morgan fingerprint density at radius 3 is 2.61 bits per heavy atom. The van der Waals surface area contributed by atoms with Crippen molar-refractivity contribution >= 4 is 5.97 Å². The molecule has 1 aliphatic heterocycles. The number of carboxylic acids is 1. The Morgan fingerprint density at radius 1 is 1.39 bits per heavy atom. The van der Waals surface area contributed by atoms with Gasteiger partial charge >= 0.3 is 5.97 Å². The Hall–Kier alpha value is -0.570. The van der Waals surface area contributed by atoms with Gasteiger partial charge in [0.15, 0.2) is 0 Å². The molecule has 1 N–H and O–H groups in total. The molecule has 1 saturated heterocycles. The van der Waals surface area contributed by atoms with Gasteiger partial charge in [0.1, 0.15) is 0 Å². The molecule has 0 aromatic carbocycles. The van der Waals surface area contributed by atoms with Crippen LogP contribution in [0.3, 0.4) is 0 Å². The summed E-state index contributed by atoms with van der Waals surface area (Å²) >= 11 is 0. The monoisotopic (exact) mass is 253 g/mol. The Morgan fingerprint density at radius 2 is 2.11 bits per heavy atom. The number of likely N-dealkylation sites (tertiary alicyclic amines) is 1. The highest BCUT2D eigenvalue weighted by molar-refractivity contribution is 5.75. The van der Waals surface area contributed by atoms with Gasteiger partial charge in [-0.1, -0.05) is 33.6 Å². The lowest BCUT2D eigenvalue weighted by atomic mass is 9.76. The molecule has 2 aliphatic rings. The first-order valence-electron chi connectivity index (χ1n) is 7.43. The second kappa shape index (κ2) is 5.20. The maximum atomic E-state index is 11.6. The predicted octanol–water partition coefficient (Wildman–Crippen LogP) is 3.00. The third kappa shape index (κ3) is 2.42. The molecule has 3 atom stereocenters. The summed E-state index contributed by atoms with van der Waals surface area (Å²) in [5, 5.41) is 9.58. The maximum absolute atomic E-state index is 11.6. The third-order valence-electron chi connectivity index (χ3n) is 5.29. The van der Waals surface area contributed by atoms with Crippen LogP contribution in [0.2, 0.25) is 0 Å². The van der Waals surface area contributed by atoms with Gasteiger partial charge < -0.3 is 5.11 Å². The van der Waals surface area contributed by atoms with Crippen molar-refractivity contribution in [1.29, 1.82) is 0 Å². The van der Waals surface area contributed by atoms with Gasteiger partial charge in [-0.2, -0.15) is 0 Å². The molecule has 0 spiro atoms. The van der Waals surface area contributed by atoms with Crippen LogP contribution >= 0.6 is 0 Å². The minimum atomic E-state index is -0.594. The molecule has 0 amide bonds. The second-order valence-electron chi connectivity index (χ2n) is 6.76. The van der Waals surface area contributed by atoms with E-state index in [1.807, 2.05) is 0 Å². The number of carboxylic acid groups (broad SMARTS) is 1. The average molecular weight is 253 g/mol. The first-order valence-corrected chi connectivity index (χ1v) is 7.43. The molecule has 1 heterocycles. The molecular weight excluding hydrogens is 226 g/mol. The van der Waals surface area contributed by atoms with Crippen LogP contribution in [0, 0.1) is 17.3 Å². The minimum Gasteiger partial charge on any atom is -0.481 e. The molecule has 1 aliphatic carbocycles. The van der Waals surface area contributed by atoms with E-state index in [1.165, 1.54) is 25.7 Å². The van der Waals surface area contributed by atoms with E-state index in [9.17, 15) is 9.90 Å². The van der Waals surface area contributed by atoms with Crippen LogP contribution < -0.4 is 0 Å². The Kier molecular flexibility index (Phi) is 4.00. The molecule has 1 saturated carbocycles. The van der Waals surface area contributed by atoms with Crippen LogP contribution in [0.25, 0.3) is 0 Å². The fourth-order valence-corrected chi connectivity index (χ4v) is 3.80. The normalized spacial score (nSPS) is 38.2. The van der Waals surface area contributed by atoms with E-state index in [0.29, 0.717) is 6.04 Å². The van der Waals surface area contributed by atoms with Crippen LogP contribution in [-0.4, -0.2) is 35.1 Å². The molecular formula is C15H27NO2. The maximum Gasteiger partial charge on any atom is 0.311 e. The van der Waals surface area contributed by atoms with Crippen molar-refractivity contribution < 1.29 is 9.90 Å². The van der Waals surface area contributed by atoms with E-state index in [4.69, 9.17) is 0 Å². The number of hydrogen-bond donors (Lipinski definition) is 1. The van der Waals surface area contributed by atoms with E-state index in [1.54, 1.807) is 0 Å². The summed E-state index contributed by atoms with van der Waals surface area (Å²) in [6, 6.07) is 0.633. The summed E-state index contributed by atoms with van der Waals surface area (Å²) in [5.74, 6) is 0.437. The number of rotatable bonds is 3. The largest absolute Gasteiger partial charge is 0.481 e. The van der Waals surface area contributed by atoms with Gasteiger partial charge in [-0.15, -0.1) is 0 Å². The van der Waals surface area contributed by atoms with E-state index in [-0.39, 0.29) is 5.92 Å². The highest BCUT2D eigenvalue weighted by atomic mass is 16.4.